The Balaban J connectivity index is 2.44. The van der Waals surface area contributed by atoms with Crippen molar-refractivity contribution >= 4 is 11.8 Å². The van der Waals surface area contributed by atoms with Gasteiger partial charge in [-0.05, 0) is 59.5 Å². The first-order valence-electron chi connectivity index (χ1n) is 9.25. The zero-order chi connectivity index (χ0) is 19.8. The van der Waals surface area contributed by atoms with Crippen LogP contribution in [-0.2, 0) is 4.74 Å². The van der Waals surface area contributed by atoms with Gasteiger partial charge in [0.15, 0.2) is 0 Å². The summed E-state index contributed by atoms with van der Waals surface area (Å²) < 4.78 is 34.2. The zero-order valence-corrected chi connectivity index (χ0v) is 16.4. The Bertz CT molecular complexity index is 536. The molecule has 1 heterocycles. The van der Waals surface area contributed by atoms with Crippen molar-refractivity contribution in [2.24, 2.45) is 10.9 Å². The van der Waals surface area contributed by atoms with Gasteiger partial charge in [-0.1, -0.05) is 12.7 Å². The number of likely N-dealkylation sites (tertiary alicyclic amines) is 1. The summed E-state index contributed by atoms with van der Waals surface area (Å²) in [6.45, 7) is 11.2. The highest BCUT2D eigenvalue weighted by Gasteiger charge is 2.44. The van der Waals surface area contributed by atoms with Crippen molar-refractivity contribution in [2.75, 3.05) is 13.1 Å². The molecule has 1 fully saturated rings. The Hall–Kier alpha value is -1.72. The second-order valence-electron chi connectivity index (χ2n) is 7.69. The second-order valence-corrected chi connectivity index (χ2v) is 7.69. The van der Waals surface area contributed by atoms with Crippen LogP contribution in [0.1, 0.15) is 59.8 Å². The van der Waals surface area contributed by atoms with E-state index in [1.807, 2.05) is 13.0 Å². The fourth-order valence-corrected chi connectivity index (χ4v) is 2.86. The lowest BCUT2D eigenvalue weighted by Crippen LogP contribution is -2.37. The topological polar surface area (TPSA) is 41.9 Å². The molecular weight excluding hydrogens is 338 g/mol. The number of carbonyl (C=O) groups is 1. The van der Waals surface area contributed by atoms with Gasteiger partial charge in [-0.25, -0.2) is 13.6 Å². The standard InChI is InChI=1S/C20H32F2N2O2/c1-6-13-23-17(7-2)10-8-9-12-20(21,22)16-11-14-24(15-16)18(25)26-19(3,4)5/h6-7,13,16H,2,8-12,14-15H2,1,3-5H3/b13-6-,23-17?. The molecule has 148 valence electrons. The van der Waals surface area contributed by atoms with Crippen LogP contribution < -0.4 is 0 Å². The molecule has 0 aromatic carbocycles. The molecule has 0 spiro atoms. The Morgan fingerprint density at radius 3 is 2.62 bits per heavy atom. The van der Waals surface area contributed by atoms with Gasteiger partial charge in [0.2, 0.25) is 0 Å². The van der Waals surface area contributed by atoms with Gasteiger partial charge < -0.3 is 9.64 Å². The van der Waals surface area contributed by atoms with E-state index < -0.39 is 23.5 Å². The smallest absolute Gasteiger partial charge is 0.410 e. The molecular formula is C20H32F2N2O2. The zero-order valence-electron chi connectivity index (χ0n) is 16.4. The van der Waals surface area contributed by atoms with Crippen molar-refractivity contribution in [1.82, 2.24) is 4.90 Å². The van der Waals surface area contributed by atoms with E-state index in [1.54, 1.807) is 33.0 Å². The number of alkyl halides is 2. The fourth-order valence-electron chi connectivity index (χ4n) is 2.86. The molecule has 1 rings (SSSR count). The highest BCUT2D eigenvalue weighted by atomic mass is 19.3. The molecule has 0 bridgehead atoms. The number of aliphatic imine (C=N–C) groups is 1. The van der Waals surface area contributed by atoms with E-state index in [4.69, 9.17) is 4.74 Å². The van der Waals surface area contributed by atoms with E-state index >= 15 is 0 Å². The number of ether oxygens (including phenoxy) is 1. The van der Waals surface area contributed by atoms with Crippen molar-refractivity contribution in [3.63, 3.8) is 0 Å². The van der Waals surface area contributed by atoms with Crippen LogP contribution in [-0.4, -0.2) is 41.3 Å². The maximum atomic E-state index is 14.5. The number of allylic oxidation sites excluding steroid dienone is 2. The second kappa shape index (κ2) is 9.83. The molecule has 0 N–H and O–H groups in total. The van der Waals surface area contributed by atoms with Crippen LogP contribution in [0.5, 0.6) is 0 Å². The van der Waals surface area contributed by atoms with Crippen LogP contribution in [0.4, 0.5) is 13.6 Å². The van der Waals surface area contributed by atoms with Crippen LogP contribution in [0.3, 0.4) is 0 Å². The summed E-state index contributed by atoms with van der Waals surface area (Å²) in [6.07, 6.45) is 6.47. The van der Waals surface area contributed by atoms with Crippen molar-refractivity contribution in [3.8, 4) is 0 Å². The van der Waals surface area contributed by atoms with Gasteiger partial charge in [-0.2, -0.15) is 0 Å². The fraction of sp³-hybridized carbons (Fsp3) is 0.700. The van der Waals surface area contributed by atoms with Crippen molar-refractivity contribution < 1.29 is 18.3 Å². The van der Waals surface area contributed by atoms with Crippen molar-refractivity contribution in [1.29, 1.82) is 0 Å². The molecule has 0 aliphatic carbocycles. The number of rotatable bonds is 8. The number of hydrogen-bond donors (Lipinski definition) is 0. The Kier molecular flexibility index (Phi) is 8.44. The molecule has 0 aromatic heterocycles. The first kappa shape index (κ1) is 22.3. The van der Waals surface area contributed by atoms with Gasteiger partial charge >= 0.3 is 6.09 Å². The van der Waals surface area contributed by atoms with Crippen LogP contribution in [0.2, 0.25) is 0 Å². The predicted molar refractivity (Wildman–Crippen MR) is 102 cm³/mol. The van der Waals surface area contributed by atoms with Gasteiger partial charge in [0.25, 0.3) is 5.92 Å². The van der Waals surface area contributed by atoms with Gasteiger partial charge in [0.05, 0.1) is 0 Å². The summed E-state index contributed by atoms with van der Waals surface area (Å²) in [7, 11) is 0. The third-order valence-electron chi connectivity index (χ3n) is 4.26. The molecule has 0 saturated carbocycles. The van der Waals surface area contributed by atoms with Crippen LogP contribution in [0.15, 0.2) is 29.9 Å². The van der Waals surface area contributed by atoms with Crippen molar-refractivity contribution in [3.05, 3.63) is 24.9 Å². The average Bonchev–Trinajstić information content (AvgIpc) is 3.03. The molecule has 1 aliphatic heterocycles. The maximum absolute atomic E-state index is 14.5. The van der Waals surface area contributed by atoms with E-state index in [-0.39, 0.29) is 13.0 Å². The normalized spacial score (nSPS) is 19.2. The van der Waals surface area contributed by atoms with E-state index in [1.165, 1.54) is 4.90 Å². The molecule has 1 atom stereocenters. The average molecular weight is 370 g/mol. The summed E-state index contributed by atoms with van der Waals surface area (Å²) >= 11 is 0. The quantitative estimate of drug-likeness (QED) is 0.412. The lowest BCUT2D eigenvalue weighted by Gasteiger charge is -2.26. The first-order chi connectivity index (χ1) is 12.1. The number of unbranched alkanes of at least 4 members (excludes halogenated alkanes) is 1. The van der Waals surface area contributed by atoms with E-state index in [2.05, 4.69) is 11.6 Å². The largest absolute Gasteiger partial charge is 0.444 e. The maximum Gasteiger partial charge on any atom is 0.410 e. The minimum Gasteiger partial charge on any atom is -0.444 e. The number of hydrogen-bond acceptors (Lipinski definition) is 3. The number of amides is 1. The minimum absolute atomic E-state index is 0.0581. The van der Waals surface area contributed by atoms with E-state index in [0.29, 0.717) is 32.2 Å². The Morgan fingerprint density at radius 2 is 2.04 bits per heavy atom. The summed E-state index contributed by atoms with van der Waals surface area (Å²) in [4.78, 5) is 17.6. The van der Waals surface area contributed by atoms with Crippen LogP contribution >= 0.6 is 0 Å². The van der Waals surface area contributed by atoms with Gasteiger partial charge in [0.1, 0.15) is 5.60 Å². The number of carbonyl (C=O) groups excluding carboxylic acids is 1. The van der Waals surface area contributed by atoms with E-state index in [9.17, 15) is 13.6 Å². The summed E-state index contributed by atoms with van der Waals surface area (Å²) in [5, 5.41) is 0. The molecule has 0 aromatic rings. The predicted octanol–water partition coefficient (Wildman–Crippen LogP) is 5.60. The van der Waals surface area contributed by atoms with Gasteiger partial charge in [-0.15, -0.1) is 0 Å². The Morgan fingerprint density at radius 1 is 1.35 bits per heavy atom. The minimum atomic E-state index is -2.77. The number of halogens is 2. The molecule has 1 aliphatic rings. The monoisotopic (exact) mass is 370 g/mol. The molecule has 6 heteroatoms. The molecule has 1 saturated heterocycles. The highest BCUT2D eigenvalue weighted by molar-refractivity contribution is 5.94. The molecule has 0 radical (unpaired) electrons. The Labute approximate surface area is 156 Å². The third kappa shape index (κ3) is 7.67. The lowest BCUT2D eigenvalue weighted by molar-refractivity contribution is -0.0630. The van der Waals surface area contributed by atoms with Crippen LogP contribution in [0, 0.1) is 5.92 Å². The lowest BCUT2D eigenvalue weighted by atomic mass is 9.95. The molecule has 4 nitrogen and oxygen atoms in total. The summed E-state index contributed by atoms with van der Waals surface area (Å²) in [6, 6.07) is 0. The summed E-state index contributed by atoms with van der Waals surface area (Å²) in [5.74, 6) is -3.57. The molecule has 1 unspecified atom stereocenters. The number of nitrogens with zero attached hydrogens (tertiary/aromatic N) is 2. The van der Waals surface area contributed by atoms with E-state index in [0.717, 1.165) is 5.71 Å². The third-order valence-corrected chi connectivity index (χ3v) is 4.26. The van der Waals surface area contributed by atoms with Crippen LogP contribution in [0.25, 0.3) is 0 Å². The molecule has 1 amide bonds. The molecule has 26 heavy (non-hydrogen) atoms. The summed E-state index contributed by atoms with van der Waals surface area (Å²) in [5.41, 5.74) is 0.193. The SMILES string of the molecule is C=CC(CCCCC(F)(F)C1CCN(C(=O)OC(C)(C)C)C1)=N/C=C\C. The van der Waals surface area contributed by atoms with Gasteiger partial charge in [-0.3, -0.25) is 4.99 Å². The van der Waals surface area contributed by atoms with Gasteiger partial charge in [0, 0.05) is 37.3 Å². The first-order valence-corrected chi connectivity index (χ1v) is 9.25. The van der Waals surface area contributed by atoms with Crippen molar-refractivity contribution in [2.45, 2.75) is 71.3 Å². The highest BCUT2D eigenvalue weighted by Crippen LogP contribution is 2.37.